The van der Waals surface area contributed by atoms with Crippen molar-refractivity contribution in [3.8, 4) is 5.75 Å². The molecule has 3 aromatic rings. The van der Waals surface area contributed by atoms with Crippen molar-refractivity contribution in [2.24, 2.45) is 0 Å². The molecule has 0 radical (unpaired) electrons. The lowest BCUT2D eigenvalue weighted by Crippen LogP contribution is -2.45. The highest BCUT2D eigenvalue weighted by Gasteiger charge is 2.29. The van der Waals surface area contributed by atoms with Gasteiger partial charge in [0.25, 0.3) is 0 Å². The number of hydrogen-bond donors (Lipinski definition) is 2. The molecule has 1 aliphatic heterocycles. The standard InChI is InChI=1S/C28H31N3O5S/c1-3-27(32)31-17-16-21-19-24(14-15-26(21)31)37(34,35)30-25(18-20-8-6-5-7-9-20)28(33)29-22-10-12-23(13-11-22)36-4-2/h5-15,19,25,30H,3-4,16-18H2,1-2H3,(H,29,33). The summed E-state index contributed by atoms with van der Waals surface area (Å²) in [5.41, 5.74) is 2.88. The molecule has 0 saturated heterocycles. The first-order chi connectivity index (χ1) is 17.8. The summed E-state index contributed by atoms with van der Waals surface area (Å²) < 4.78 is 34.8. The third-order valence-corrected chi connectivity index (χ3v) is 7.66. The van der Waals surface area contributed by atoms with Crippen LogP contribution in [0.2, 0.25) is 0 Å². The van der Waals surface area contributed by atoms with E-state index in [4.69, 9.17) is 4.74 Å². The number of sulfonamides is 1. The number of rotatable bonds is 10. The Kier molecular flexibility index (Phi) is 8.25. The first-order valence-electron chi connectivity index (χ1n) is 12.3. The molecule has 1 heterocycles. The average molecular weight is 522 g/mol. The van der Waals surface area contributed by atoms with Crippen molar-refractivity contribution >= 4 is 33.2 Å². The van der Waals surface area contributed by atoms with E-state index in [1.54, 1.807) is 48.2 Å². The lowest BCUT2D eigenvalue weighted by Gasteiger charge is -2.20. The first kappa shape index (κ1) is 26.4. The Morgan fingerprint density at radius 1 is 1.00 bits per heavy atom. The molecule has 194 valence electrons. The largest absolute Gasteiger partial charge is 0.494 e. The van der Waals surface area contributed by atoms with E-state index in [9.17, 15) is 18.0 Å². The molecule has 9 heteroatoms. The maximum atomic E-state index is 13.4. The maximum Gasteiger partial charge on any atom is 0.242 e. The Bertz CT molecular complexity index is 1360. The molecule has 0 saturated carbocycles. The van der Waals surface area contributed by atoms with Crippen LogP contribution in [-0.4, -0.2) is 39.4 Å². The third kappa shape index (κ3) is 6.36. The number of nitrogens with one attached hydrogen (secondary N) is 2. The highest BCUT2D eigenvalue weighted by molar-refractivity contribution is 7.89. The van der Waals surface area contributed by atoms with Crippen molar-refractivity contribution < 1.29 is 22.7 Å². The summed E-state index contributed by atoms with van der Waals surface area (Å²) in [5.74, 6) is 0.205. The third-order valence-electron chi connectivity index (χ3n) is 6.19. The number of nitrogens with zero attached hydrogens (tertiary/aromatic N) is 1. The lowest BCUT2D eigenvalue weighted by molar-refractivity contribution is -0.118. The van der Waals surface area contributed by atoms with Gasteiger partial charge >= 0.3 is 0 Å². The zero-order chi connectivity index (χ0) is 26.4. The normalized spacial score (nSPS) is 13.6. The minimum Gasteiger partial charge on any atom is -0.494 e. The van der Waals surface area contributed by atoms with Crippen LogP contribution in [0.15, 0.2) is 77.7 Å². The Labute approximate surface area is 217 Å². The van der Waals surface area contributed by atoms with E-state index < -0.39 is 22.0 Å². The van der Waals surface area contributed by atoms with E-state index >= 15 is 0 Å². The molecule has 0 bridgehead atoms. The molecule has 0 spiro atoms. The molecule has 1 unspecified atom stereocenters. The fourth-order valence-corrected chi connectivity index (χ4v) is 5.56. The Balaban J connectivity index is 1.56. The van der Waals surface area contributed by atoms with Crippen molar-refractivity contribution in [2.45, 2.75) is 44.0 Å². The molecular formula is C28H31N3O5S. The molecule has 1 atom stereocenters. The number of carbonyl (C=O) groups excluding carboxylic acids is 2. The van der Waals surface area contributed by atoms with Gasteiger partial charge in [-0.3, -0.25) is 9.59 Å². The van der Waals surface area contributed by atoms with Crippen LogP contribution in [0.25, 0.3) is 0 Å². The second kappa shape index (κ2) is 11.6. The summed E-state index contributed by atoms with van der Waals surface area (Å²) in [7, 11) is -4.03. The zero-order valence-corrected chi connectivity index (χ0v) is 21.8. The zero-order valence-electron chi connectivity index (χ0n) is 20.9. The fourth-order valence-electron chi connectivity index (χ4n) is 4.32. The van der Waals surface area contributed by atoms with Crippen molar-refractivity contribution in [1.29, 1.82) is 0 Å². The van der Waals surface area contributed by atoms with Gasteiger partial charge in [0, 0.05) is 24.3 Å². The number of hydrogen-bond acceptors (Lipinski definition) is 5. The topological polar surface area (TPSA) is 105 Å². The van der Waals surface area contributed by atoms with Crippen molar-refractivity contribution in [1.82, 2.24) is 4.72 Å². The van der Waals surface area contributed by atoms with Gasteiger partial charge in [-0.05, 0) is 73.4 Å². The van der Waals surface area contributed by atoms with Gasteiger partial charge in [-0.15, -0.1) is 0 Å². The van der Waals surface area contributed by atoms with Crippen molar-refractivity contribution in [2.75, 3.05) is 23.4 Å². The summed E-state index contributed by atoms with van der Waals surface area (Å²) in [5, 5.41) is 2.81. The summed E-state index contributed by atoms with van der Waals surface area (Å²) in [6.45, 7) is 4.74. The molecule has 8 nitrogen and oxygen atoms in total. The number of benzene rings is 3. The highest BCUT2D eigenvalue weighted by atomic mass is 32.2. The van der Waals surface area contributed by atoms with Crippen LogP contribution in [-0.2, 0) is 32.5 Å². The van der Waals surface area contributed by atoms with E-state index in [0.29, 0.717) is 37.4 Å². The Morgan fingerprint density at radius 2 is 1.73 bits per heavy atom. The molecule has 4 rings (SSSR count). The molecule has 37 heavy (non-hydrogen) atoms. The van der Waals surface area contributed by atoms with E-state index in [1.807, 2.05) is 37.3 Å². The molecule has 0 aromatic heterocycles. The van der Waals surface area contributed by atoms with Crippen LogP contribution in [0.3, 0.4) is 0 Å². The predicted octanol–water partition coefficient (Wildman–Crippen LogP) is 3.91. The molecule has 0 fully saturated rings. The molecule has 3 aromatic carbocycles. The monoisotopic (exact) mass is 521 g/mol. The summed E-state index contributed by atoms with van der Waals surface area (Å²) >= 11 is 0. The van der Waals surface area contributed by atoms with Gasteiger partial charge in [0.1, 0.15) is 11.8 Å². The van der Waals surface area contributed by atoms with Crippen LogP contribution in [0.1, 0.15) is 31.4 Å². The minimum absolute atomic E-state index is 0.00127. The summed E-state index contributed by atoms with van der Waals surface area (Å²) in [6, 6.07) is 19.8. The van der Waals surface area contributed by atoms with Crippen molar-refractivity contribution in [3.63, 3.8) is 0 Å². The van der Waals surface area contributed by atoms with E-state index in [2.05, 4.69) is 10.0 Å². The molecule has 2 N–H and O–H groups in total. The van der Waals surface area contributed by atoms with Crippen molar-refractivity contribution in [3.05, 3.63) is 83.9 Å². The SMILES string of the molecule is CCOc1ccc(NC(=O)C(Cc2ccccc2)NS(=O)(=O)c2ccc3c(c2)CCN3C(=O)CC)cc1. The second-order valence-electron chi connectivity index (χ2n) is 8.75. The number of amides is 2. The second-order valence-corrected chi connectivity index (χ2v) is 10.5. The predicted molar refractivity (Wildman–Crippen MR) is 143 cm³/mol. The van der Waals surface area contributed by atoms with Crippen LogP contribution in [0, 0.1) is 0 Å². The summed E-state index contributed by atoms with van der Waals surface area (Å²) in [6.07, 6.45) is 1.13. The fraction of sp³-hybridized carbons (Fsp3) is 0.286. The highest BCUT2D eigenvalue weighted by Crippen LogP contribution is 2.31. The van der Waals surface area contributed by atoms with E-state index in [0.717, 1.165) is 16.8 Å². The molecular weight excluding hydrogens is 490 g/mol. The maximum absolute atomic E-state index is 13.4. The number of anilines is 2. The van der Waals surface area contributed by atoms with Crippen LogP contribution < -0.4 is 19.7 Å². The number of ether oxygens (including phenoxy) is 1. The van der Waals surface area contributed by atoms with Gasteiger partial charge in [-0.2, -0.15) is 4.72 Å². The van der Waals surface area contributed by atoms with Gasteiger partial charge in [0.15, 0.2) is 0 Å². The van der Waals surface area contributed by atoms with Gasteiger partial charge in [0.2, 0.25) is 21.8 Å². The Morgan fingerprint density at radius 3 is 2.41 bits per heavy atom. The average Bonchev–Trinajstić information content (AvgIpc) is 3.33. The van der Waals surface area contributed by atoms with Gasteiger partial charge < -0.3 is 15.0 Å². The minimum atomic E-state index is -4.03. The van der Waals surface area contributed by atoms with Crippen LogP contribution >= 0.6 is 0 Å². The van der Waals surface area contributed by atoms with E-state index in [1.165, 1.54) is 6.07 Å². The smallest absolute Gasteiger partial charge is 0.242 e. The quantitative estimate of drug-likeness (QED) is 0.421. The Hall–Kier alpha value is -3.69. The van der Waals surface area contributed by atoms with Crippen LogP contribution in [0.4, 0.5) is 11.4 Å². The molecule has 0 aliphatic carbocycles. The number of carbonyl (C=O) groups is 2. The molecule has 2 amide bonds. The van der Waals surface area contributed by atoms with E-state index in [-0.39, 0.29) is 17.2 Å². The lowest BCUT2D eigenvalue weighted by atomic mass is 10.1. The number of fused-ring (bicyclic) bond motifs is 1. The molecule has 1 aliphatic rings. The van der Waals surface area contributed by atoms with Gasteiger partial charge in [0.05, 0.1) is 11.5 Å². The summed E-state index contributed by atoms with van der Waals surface area (Å²) in [4.78, 5) is 27.2. The first-order valence-corrected chi connectivity index (χ1v) is 13.8. The van der Waals surface area contributed by atoms with Crippen LogP contribution in [0.5, 0.6) is 5.75 Å². The van der Waals surface area contributed by atoms with Gasteiger partial charge in [-0.1, -0.05) is 37.3 Å². The van der Waals surface area contributed by atoms with Gasteiger partial charge in [-0.25, -0.2) is 8.42 Å².